The maximum atomic E-state index is 12.7. The first-order valence-electron chi connectivity index (χ1n) is 8.75. The third-order valence-corrected chi connectivity index (χ3v) is 4.28. The highest BCUT2D eigenvalue weighted by molar-refractivity contribution is 5.76. The van der Waals surface area contributed by atoms with Crippen molar-refractivity contribution in [2.24, 2.45) is 0 Å². The zero-order valence-corrected chi connectivity index (χ0v) is 15.3. The normalized spacial score (nSPS) is 11.6. The molecule has 4 nitrogen and oxygen atoms in total. The van der Waals surface area contributed by atoms with Gasteiger partial charge in [-0.2, -0.15) is 0 Å². The zero-order chi connectivity index (χ0) is 18.1. The fraction of sp³-hybridized carbons (Fsp3) is 0.381. The summed E-state index contributed by atoms with van der Waals surface area (Å²) < 4.78 is 11.0. The van der Waals surface area contributed by atoms with Gasteiger partial charge in [0.15, 0.2) is 11.5 Å². The largest absolute Gasteiger partial charge is 0.493 e. The van der Waals surface area contributed by atoms with Crippen LogP contribution in [-0.2, 0) is 11.3 Å². The number of amides is 1. The molecule has 1 atom stereocenters. The van der Waals surface area contributed by atoms with Crippen molar-refractivity contribution in [2.75, 3.05) is 13.7 Å². The number of carbonyl (C=O) groups is 1. The van der Waals surface area contributed by atoms with Gasteiger partial charge in [-0.15, -0.1) is 0 Å². The number of hydrogen-bond donors (Lipinski definition) is 0. The predicted molar refractivity (Wildman–Crippen MR) is 99.9 cm³/mol. The lowest BCUT2D eigenvalue weighted by molar-refractivity contribution is -0.134. The van der Waals surface area contributed by atoms with E-state index in [0.29, 0.717) is 31.1 Å². The lowest BCUT2D eigenvalue weighted by atomic mass is 10.1. The summed E-state index contributed by atoms with van der Waals surface area (Å²) in [5.41, 5.74) is 1.14. The van der Waals surface area contributed by atoms with Gasteiger partial charge >= 0.3 is 0 Å². The van der Waals surface area contributed by atoms with Gasteiger partial charge in [-0.3, -0.25) is 4.79 Å². The van der Waals surface area contributed by atoms with Gasteiger partial charge in [0.1, 0.15) is 0 Å². The molecule has 0 radical (unpaired) electrons. The Bertz CT molecular complexity index is 657. The number of methoxy groups -OCH3 is 1. The molecule has 0 N–H and O–H groups in total. The topological polar surface area (TPSA) is 38.8 Å². The number of nitrogens with zero attached hydrogens (tertiary/aromatic N) is 1. The van der Waals surface area contributed by atoms with Gasteiger partial charge in [0.05, 0.1) is 20.1 Å². The Morgan fingerprint density at radius 2 is 1.68 bits per heavy atom. The van der Waals surface area contributed by atoms with E-state index in [1.165, 1.54) is 0 Å². The molecule has 0 aliphatic rings. The summed E-state index contributed by atoms with van der Waals surface area (Å²) in [5.74, 6) is 1.45. The Labute approximate surface area is 150 Å². The molecule has 2 rings (SSSR count). The highest BCUT2D eigenvalue weighted by Gasteiger charge is 2.19. The van der Waals surface area contributed by atoms with Crippen LogP contribution in [0.4, 0.5) is 0 Å². The quantitative estimate of drug-likeness (QED) is 0.683. The van der Waals surface area contributed by atoms with E-state index in [4.69, 9.17) is 9.47 Å². The van der Waals surface area contributed by atoms with Crippen LogP contribution in [0.1, 0.15) is 32.3 Å². The van der Waals surface area contributed by atoms with Gasteiger partial charge in [-0.05, 0) is 31.0 Å². The fourth-order valence-corrected chi connectivity index (χ4v) is 2.62. The Balaban J connectivity index is 1.95. The Morgan fingerprint density at radius 1 is 1.04 bits per heavy atom. The lowest BCUT2D eigenvalue weighted by Gasteiger charge is -2.29. The molecular weight excluding hydrogens is 314 g/mol. The van der Waals surface area contributed by atoms with E-state index in [9.17, 15) is 4.79 Å². The SMILES string of the molecule is CCC(C)N(Cc1ccccc1)C(=O)CCOc1ccccc1OC. The van der Waals surface area contributed by atoms with Crippen LogP contribution in [0.3, 0.4) is 0 Å². The van der Waals surface area contributed by atoms with Gasteiger partial charge in [0.25, 0.3) is 0 Å². The predicted octanol–water partition coefficient (Wildman–Crippen LogP) is 4.29. The van der Waals surface area contributed by atoms with E-state index >= 15 is 0 Å². The maximum Gasteiger partial charge on any atom is 0.226 e. The summed E-state index contributed by atoms with van der Waals surface area (Å²) in [6, 6.07) is 17.7. The van der Waals surface area contributed by atoms with Crippen molar-refractivity contribution < 1.29 is 14.3 Å². The molecule has 25 heavy (non-hydrogen) atoms. The van der Waals surface area contributed by atoms with Crippen molar-refractivity contribution in [3.05, 3.63) is 60.2 Å². The standard InChI is InChI=1S/C21H27NO3/c1-4-17(2)22(16-18-10-6-5-7-11-18)21(23)14-15-25-20-13-9-8-12-19(20)24-3/h5-13,17H,4,14-16H2,1-3H3. The average molecular weight is 341 g/mol. The molecule has 0 heterocycles. The molecule has 0 saturated heterocycles. The zero-order valence-electron chi connectivity index (χ0n) is 15.3. The molecule has 4 heteroatoms. The number of rotatable bonds is 9. The van der Waals surface area contributed by atoms with Gasteiger partial charge in [-0.25, -0.2) is 0 Å². The summed E-state index contributed by atoms with van der Waals surface area (Å²) in [6.07, 6.45) is 1.27. The number of hydrogen-bond acceptors (Lipinski definition) is 3. The van der Waals surface area contributed by atoms with Crippen molar-refractivity contribution in [2.45, 2.75) is 39.3 Å². The van der Waals surface area contributed by atoms with Crippen LogP contribution in [-0.4, -0.2) is 30.6 Å². The van der Waals surface area contributed by atoms with E-state index in [0.717, 1.165) is 12.0 Å². The number of benzene rings is 2. The smallest absolute Gasteiger partial charge is 0.226 e. The molecule has 0 aliphatic carbocycles. The average Bonchev–Trinajstić information content (AvgIpc) is 2.66. The number of ether oxygens (including phenoxy) is 2. The molecule has 1 unspecified atom stereocenters. The highest BCUT2D eigenvalue weighted by atomic mass is 16.5. The summed E-state index contributed by atoms with van der Waals surface area (Å²) in [6.45, 7) is 5.15. The molecule has 0 spiro atoms. The first-order valence-corrected chi connectivity index (χ1v) is 8.75. The lowest BCUT2D eigenvalue weighted by Crippen LogP contribution is -2.38. The molecule has 134 valence electrons. The van der Waals surface area contributed by atoms with Crippen LogP contribution in [0.15, 0.2) is 54.6 Å². The van der Waals surface area contributed by atoms with Crippen LogP contribution >= 0.6 is 0 Å². The second kappa shape index (κ2) is 9.72. The number of carbonyl (C=O) groups excluding carboxylic acids is 1. The molecule has 2 aromatic carbocycles. The van der Waals surface area contributed by atoms with E-state index < -0.39 is 0 Å². The summed E-state index contributed by atoms with van der Waals surface area (Å²) >= 11 is 0. The second-order valence-corrected chi connectivity index (χ2v) is 6.01. The van der Waals surface area contributed by atoms with Crippen molar-refractivity contribution in [1.82, 2.24) is 4.90 Å². The summed E-state index contributed by atoms with van der Waals surface area (Å²) in [7, 11) is 1.61. The minimum atomic E-state index is 0.105. The molecule has 0 saturated carbocycles. The maximum absolute atomic E-state index is 12.7. The third-order valence-electron chi connectivity index (χ3n) is 4.28. The van der Waals surface area contributed by atoms with Crippen molar-refractivity contribution in [3.8, 4) is 11.5 Å². The third kappa shape index (κ3) is 5.52. The summed E-state index contributed by atoms with van der Waals surface area (Å²) in [5, 5.41) is 0. The Kier molecular flexibility index (Phi) is 7.33. The van der Waals surface area contributed by atoms with E-state index in [2.05, 4.69) is 13.8 Å². The van der Waals surface area contributed by atoms with Gasteiger partial charge in [0.2, 0.25) is 5.91 Å². The van der Waals surface area contributed by atoms with Gasteiger partial charge < -0.3 is 14.4 Å². The second-order valence-electron chi connectivity index (χ2n) is 6.01. The molecule has 0 bridgehead atoms. The van der Waals surface area contributed by atoms with E-state index in [1.807, 2.05) is 59.5 Å². The van der Waals surface area contributed by atoms with Gasteiger partial charge in [0, 0.05) is 12.6 Å². The molecule has 0 aromatic heterocycles. The molecule has 0 aliphatic heterocycles. The van der Waals surface area contributed by atoms with E-state index in [1.54, 1.807) is 7.11 Å². The molecule has 0 fully saturated rings. The van der Waals surface area contributed by atoms with Crippen molar-refractivity contribution in [1.29, 1.82) is 0 Å². The van der Waals surface area contributed by atoms with Crippen LogP contribution in [0.25, 0.3) is 0 Å². The Hall–Kier alpha value is -2.49. The van der Waals surface area contributed by atoms with Crippen molar-refractivity contribution >= 4 is 5.91 Å². The summed E-state index contributed by atoms with van der Waals surface area (Å²) in [4.78, 5) is 14.6. The van der Waals surface area contributed by atoms with Crippen LogP contribution in [0.5, 0.6) is 11.5 Å². The monoisotopic (exact) mass is 341 g/mol. The minimum Gasteiger partial charge on any atom is -0.493 e. The van der Waals surface area contributed by atoms with Crippen molar-refractivity contribution in [3.63, 3.8) is 0 Å². The molecular formula is C21H27NO3. The van der Waals surface area contributed by atoms with E-state index in [-0.39, 0.29) is 11.9 Å². The molecule has 2 aromatic rings. The minimum absolute atomic E-state index is 0.105. The van der Waals surface area contributed by atoms with Crippen LogP contribution < -0.4 is 9.47 Å². The fourth-order valence-electron chi connectivity index (χ4n) is 2.62. The van der Waals surface area contributed by atoms with Crippen LogP contribution in [0, 0.1) is 0 Å². The molecule has 1 amide bonds. The first-order chi connectivity index (χ1) is 12.2. The van der Waals surface area contributed by atoms with Crippen LogP contribution in [0.2, 0.25) is 0 Å². The van der Waals surface area contributed by atoms with Gasteiger partial charge in [-0.1, -0.05) is 49.4 Å². The Morgan fingerprint density at radius 3 is 2.32 bits per heavy atom. The number of para-hydroxylation sites is 2. The first kappa shape index (κ1) is 18.8. The highest BCUT2D eigenvalue weighted by Crippen LogP contribution is 2.25.